The van der Waals surface area contributed by atoms with Crippen molar-refractivity contribution in [1.29, 1.82) is 0 Å². The van der Waals surface area contributed by atoms with Crippen molar-refractivity contribution in [3.05, 3.63) is 59.4 Å². The number of nitrogens with one attached hydrogen (secondary N) is 2. The van der Waals surface area contributed by atoms with E-state index in [4.69, 9.17) is 17.0 Å². The number of carbonyl (C=O) groups excluding carboxylic acids is 1. The van der Waals surface area contributed by atoms with Crippen LogP contribution in [0.1, 0.15) is 53.8 Å². The Morgan fingerprint density at radius 1 is 1.26 bits per heavy atom. The Labute approximate surface area is 210 Å². The summed E-state index contributed by atoms with van der Waals surface area (Å²) in [6.07, 6.45) is -2.13. The van der Waals surface area contributed by atoms with Gasteiger partial charge in [0.25, 0.3) is 0 Å². The summed E-state index contributed by atoms with van der Waals surface area (Å²) in [4.78, 5) is 13.4. The zero-order chi connectivity index (χ0) is 25.0. The van der Waals surface area contributed by atoms with E-state index in [9.17, 15) is 18.0 Å². The van der Waals surface area contributed by atoms with Gasteiger partial charge in [0.05, 0.1) is 12.2 Å². The molecule has 0 bridgehead atoms. The van der Waals surface area contributed by atoms with E-state index < -0.39 is 17.8 Å². The fourth-order valence-electron chi connectivity index (χ4n) is 3.62. The highest BCUT2D eigenvalue weighted by atomic mass is 32.1. The molecular weight excluding hydrogens is 497 g/mol. The zero-order valence-electron chi connectivity index (χ0n) is 19.0. The predicted octanol–water partition coefficient (Wildman–Crippen LogP) is 6.06. The lowest BCUT2D eigenvalue weighted by molar-refractivity contribution is -0.141. The topological polar surface area (TPSA) is 68.2 Å². The minimum atomic E-state index is -4.45. The lowest BCUT2D eigenvalue weighted by Crippen LogP contribution is -2.30. The predicted molar refractivity (Wildman–Crippen MR) is 134 cm³/mol. The Balaban J connectivity index is 1.36. The van der Waals surface area contributed by atoms with Gasteiger partial charge in [-0.2, -0.15) is 18.3 Å². The number of rotatable bonds is 9. The van der Waals surface area contributed by atoms with Gasteiger partial charge >= 0.3 is 12.1 Å². The molecule has 0 saturated heterocycles. The minimum absolute atomic E-state index is 0.160. The number of aromatic nitrogens is 2. The Morgan fingerprint density at radius 3 is 2.66 bits per heavy atom. The van der Waals surface area contributed by atoms with Gasteiger partial charge in [-0.05, 0) is 56.1 Å². The number of hydrogen-bond donors (Lipinski definition) is 2. The first-order valence-corrected chi connectivity index (χ1v) is 12.5. The van der Waals surface area contributed by atoms with Crippen molar-refractivity contribution >= 4 is 39.6 Å². The Morgan fingerprint density at radius 2 is 2.00 bits per heavy atom. The third-order valence-electron chi connectivity index (χ3n) is 5.44. The Hall–Kier alpha value is -2.92. The second-order valence-electron chi connectivity index (χ2n) is 8.12. The lowest BCUT2D eigenvalue weighted by Gasteiger charge is -2.11. The second-order valence-corrected chi connectivity index (χ2v) is 9.58. The molecule has 0 amide bonds. The van der Waals surface area contributed by atoms with Crippen LogP contribution in [0.25, 0.3) is 10.4 Å². The first kappa shape index (κ1) is 25.2. The van der Waals surface area contributed by atoms with Gasteiger partial charge < -0.3 is 15.4 Å². The largest absolute Gasteiger partial charge is 0.462 e. The number of ether oxygens (including phenoxy) is 1. The van der Waals surface area contributed by atoms with Crippen molar-refractivity contribution in [2.45, 2.75) is 44.8 Å². The molecule has 2 heterocycles. The van der Waals surface area contributed by atoms with Crippen molar-refractivity contribution in [1.82, 2.24) is 15.1 Å². The van der Waals surface area contributed by atoms with E-state index in [1.165, 1.54) is 16.0 Å². The van der Waals surface area contributed by atoms with E-state index in [0.717, 1.165) is 29.3 Å². The summed E-state index contributed by atoms with van der Waals surface area (Å²) in [5.74, 6) is -0.281. The molecule has 1 saturated carbocycles. The molecule has 1 aromatic carbocycles. The van der Waals surface area contributed by atoms with Crippen LogP contribution in [0, 0.1) is 0 Å². The number of thiocarbonyl (C=S) groups is 1. The van der Waals surface area contributed by atoms with E-state index >= 15 is 0 Å². The van der Waals surface area contributed by atoms with Crippen LogP contribution in [0.3, 0.4) is 0 Å². The molecule has 1 fully saturated rings. The zero-order valence-corrected chi connectivity index (χ0v) is 20.7. The molecule has 2 aromatic heterocycles. The molecule has 1 aliphatic carbocycles. The molecule has 1 aliphatic rings. The number of alkyl halides is 3. The van der Waals surface area contributed by atoms with Gasteiger partial charge in [-0.3, -0.25) is 4.68 Å². The van der Waals surface area contributed by atoms with Crippen LogP contribution in [0.15, 0.2) is 42.5 Å². The monoisotopic (exact) mass is 522 g/mol. The molecule has 11 heteroatoms. The van der Waals surface area contributed by atoms with Gasteiger partial charge in [0, 0.05) is 29.6 Å². The molecular formula is C24H25F3N4O2S2. The second kappa shape index (κ2) is 10.8. The normalized spacial score (nSPS) is 13.5. The molecule has 0 atom stereocenters. The average Bonchev–Trinajstić information content (AvgIpc) is 3.43. The van der Waals surface area contributed by atoms with Crippen LogP contribution < -0.4 is 10.6 Å². The van der Waals surface area contributed by atoms with E-state index in [2.05, 4.69) is 15.7 Å². The third-order valence-corrected chi connectivity index (χ3v) is 6.79. The number of nitrogens with zero attached hydrogens (tertiary/aromatic N) is 2. The molecule has 0 aliphatic heterocycles. The maximum absolute atomic E-state index is 13.1. The summed E-state index contributed by atoms with van der Waals surface area (Å²) in [5.41, 5.74) is 1.16. The van der Waals surface area contributed by atoms with Gasteiger partial charge in [-0.15, -0.1) is 11.3 Å². The first-order valence-electron chi connectivity index (χ1n) is 11.3. The van der Waals surface area contributed by atoms with E-state index in [-0.39, 0.29) is 12.5 Å². The molecule has 2 N–H and O–H groups in total. The van der Waals surface area contributed by atoms with Crippen LogP contribution in [0.2, 0.25) is 0 Å². The molecule has 35 heavy (non-hydrogen) atoms. The van der Waals surface area contributed by atoms with Gasteiger partial charge in [-0.1, -0.05) is 30.3 Å². The highest BCUT2D eigenvalue weighted by Gasteiger charge is 2.37. The standard InChI is InChI=1S/C24H25F3N4O2S2/c1-2-33-22(32)17-13-19(16-7-4-3-5-8-16)35-21(17)29-23(34)28-11-6-12-31-18(15-9-10-15)14-20(30-31)24(25,26)27/h3-5,7-8,13-15H,2,6,9-12H2,1H3,(H2,28,29,34). The third kappa shape index (κ3) is 6.40. The fraction of sp³-hybridized carbons (Fsp3) is 0.375. The number of hydrogen-bond acceptors (Lipinski definition) is 5. The van der Waals surface area contributed by atoms with Gasteiger partial charge in [0.2, 0.25) is 0 Å². The lowest BCUT2D eigenvalue weighted by atomic mass is 10.1. The Kier molecular flexibility index (Phi) is 7.75. The highest BCUT2D eigenvalue weighted by Crippen LogP contribution is 2.42. The summed E-state index contributed by atoms with van der Waals surface area (Å²) in [7, 11) is 0. The van der Waals surface area contributed by atoms with Crippen molar-refractivity contribution < 1.29 is 22.7 Å². The quantitative estimate of drug-likeness (QED) is 0.202. The van der Waals surface area contributed by atoms with Gasteiger partial charge in [-0.25, -0.2) is 4.79 Å². The van der Waals surface area contributed by atoms with Crippen LogP contribution in [0.4, 0.5) is 18.2 Å². The molecule has 0 spiro atoms. The maximum atomic E-state index is 13.1. The highest BCUT2D eigenvalue weighted by molar-refractivity contribution is 7.80. The molecule has 186 valence electrons. The van der Waals surface area contributed by atoms with Crippen LogP contribution in [-0.4, -0.2) is 34.0 Å². The summed E-state index contributed by atoms with van der Waals surface area (Å²) in [6.45, 7) is 2.78. The molecule has 0 unspecified atom stereocenters. The van der Waals surface area contributed by atoms with Crippen molar-refractivity contribution in [3.63, 3.8) is 0 Å². The number of aryl methyl sites for hydroxylation is 1. The van der Waals surface area contributed by atoms with Crippen molar-refractivity contribution in [2.24, 2.45) is 0 Å². The average molecular weight is 523 g/mol. The fourth-order valence-corrected chi connectivity index (χ4v) is 4.95. The van der Waals surface area contributed by atoms with E-state index in [1.54, 1.807) is 13.0 Å². The SMILES string of the molecule is CCOC(=O)c1cc(-c2ccccc2)sc1NC(=S)NCCCn1nc(C(F)(F)F)cc1C1CC1. The number of thiophene rings is 1. The number of carbonyl (C=O) groups is 1. The van der Waals surface area contributed by atoms with E-state index in [0.29, 0.717) is 40.9 Å². The van der Waals surface area contributed by atoms with E-state index in [1.807, 2.05) is 30.3 Å². The number of anilines is 1. The first-order chi connectivity index (χ1) is 16.8. The number of benzene rings is 1. The van der Waals surface area contributed by atoms with Crippen LogP contribution >= 0.6 is 23.6 Å². The van der Waals surface area contributed by atoms with Crippen LogP contribution in [-0.2, 0) is 17.5 Å². The van der Waals surface area contributed by atoms with Gasteiger partial charge in [0.1, 0.15) is 5.00 Å². The van der Waals surface area contributed by atoms with Crippen molar-refractivity contribution in [2.75, 3.05) is 18.5 Å². The number of esters is 1. The summed E-state index contributed by atoms with van der Waals surface area (Å²) in [5, 5.41) is 10.8. The molecule has 3 aromatic rings. The number of halogens is 3. The van der Waals surface area contributed by atoms with Gasteiger partial charge in [0.15, 0.2) is 10.8 Å². The smallest absolute Gasteiger partial charge is 0.435 e. The molecule has 4 rings (SSSR count). The summed E-state index contributed by atoms with van der Waals surface area (Å²) >= 11 is 6.78. The summed E-state index contributed by atoms with van der Waals surface area (Å²) in [6, 6.07) is 12.6. The van der Waals surface area contributed by atoms with Crippen molar-refractivity contribution in [3.8, 4) is 10.4 Å². The maximum Gasteiger partial charge on any atom is 0.435 e. The molecule has 0 radical (unpaired) electrons. The Bertz CT molecular complexity index is 1190. The molecule has 6 nitrogen and oxygen atoms in total. The summed E-state index contributed by atoms with van der Waals surface area (Å²) < 4.78 is 45.8. The van der Waals surface area contributed by atoms with Crippen LogP contribution in [0.5, 0.6) is 0 Å². The minimum Gasteiger partial charge on any atom is -0.462 e.